The van der Waals surface area contributed by atoms with Crippen LogP contribution in [-0.4, -0.2) is 35.1 Å². The van der Waals surface area contributed by atoms with Crippen LogP contribution in [0.25, 0.3) is 11.0 Å². The number of hydrogen-bond donors (Lipinski definition) is 1. The van der Waals surface area contributed by atoms with Gasteiger partial charge in [-0.15, -0.1) is 0 Å². The van der Waals surface area contributed by atoms with Crippen molar-refractivity contribution in [2.24, 2.45) is 5.73 Å². The van der Waals surface area contributed by atoms with Gasteiger partial charge in [0.2, 0.25) is 0 Å². The fourth-order valence-corrected chi connectivity index (χ4v) is 3.86. The minimum atomic E-state index is -0.270. The highest BCUT2D eigenvalue weighted by molar-refractivity contribution is 9.13. The molecule has 7 heteroatoms. The maximum absolute atomic E-state index is 13.8. The molecule has 144 valence electrons. The highest BCUT2D eigenvalue weighted by atomic mass is 79.9. The molecule has 3 rings (SSSR count). The molecule has 0 aliphatic rings. The summed E-state index contributed by atoms with van der Waals surface area (Å²) in [4.78, 5) is 6.86. The van der Waals surface area contributed by atoms with Crippen molar-refractivity contribution in [3.05, 3.63) is 62.5 Å². The van der Waals surface area contributed by atoms with Crippen molar-refractivity contribution in [3.8, 4) is 0 Å². The molecule has 0 saturated heterocycles. The molecule has 0 radical (unpaired) electrons. The molecule has 4 nitrogen and oxygen atoms in total. The van der Waals surface area contributed by atoms with E-state index in [9.17, 15) is 4.39 Å². The molecule has 0 aliphatic heterocycles. The van der Waals surface area contributed by atoms with Gasteiger partial charge in [0.05, 0.1) is 17.1 Å². The maximum Gasteiger partial charge on any atom is 0.127 e. The molecule has 0 aliphatic carbocycles. The highest BCUT2D eigenvalue weighted by Crippen LogP contribution is 2.27. The first-order valence-corrected chi connectivity index (χ1v) is 10.4. The number of aryl methyl sites for hydroxylation is 1. The number of benzene rings is 2. The van der Waals surface area contributed by atoms with Crippen molar-refractivity contribution in [2.45, 2.75) is 25.4 Å². The Balaban J connectivity index is 1.92. The number of nitrogens with zero attached hydrogens (tertiary/aromatic N) is 3. The van der Waals surface area contributed by atoms with Gasteiger partial charge in [0.15, 0.2) is 0 Å². The van der Waals surface area contributed by atoms with Crippen LogP contribution in [-0.2, 0) is 13.0 Å². The lowest BCUT2D eigenvalue weighted by molar-refractivity contribution is 0.384. The van der Waals surface area contributed by atoms with E-state index in [-0.39, 0.29) is 11.9 Å². The Morgan fingerprint density at radius 1 is 1.15 bits per heavy atom. The van der Waals surface area contributed by atoms with E-state index in [1.807, 2.05) is 26.2 Å². The van der Waals surface area contributed by atoms with Gasteiger partial charge in [0, 0.05) is 15.5 Å². The number of fused-ring (bicyclic) bond motifs is 1. The lowest BCUT2D eigenvalue weighted by atomic mass is 10.1. The molecule has 2 aromatic carbocycles. The Morgan fingerprint density at radius 2 is 1.93 bits per heavy atom. The molecule has 0 saturated carbocycles. The molecule has 0 bridgehead atoms. The van der Waals surface area contributed by atoms with E-state index in [1.165, 1.54) is 6.07 Å². The monoisotopic (exact) mass is 496 g/mol. The summed E-state index contributed by atoms with van der Waals surface area (Å²) in [6, 6.07) is 10.6. The predicted octanol–water partition coefficient (Wildman–Crippen LogP) is 4.89. The fraction of sp³-hybridized carbons (Fsp3) is 0.350. The topological polar surface area (TPSA) is 47.1 Å². The van der Waals surface area contributed by atoms with Crippen molar-refractivity contribution in [2.75, 3.05) is 20.6 Å². The summed E-state index contributed by atoms with van der Waals surface area (Å²) in [7, 11) is 4.09. The third kappa shape index (κ3) is 4.96. The van der Waals surface area contributed by atoms with Crippen molar-refractivity contribution >= 4 is 42.9 Å². The number of aromatic nitrogens is 2. The molecule has 0 spiro atoms. The van der Waals surface area contributed by atoms with Gasteiger partial charge in [-0.3, -0.25) is 0 Å². The first-order valence-electron chi connectivity index (χ1n) is 8.85. The second kappa shape index (κ2) is 8.82. The largest absolute Gasteiger partial charge is 0.327 e. The van der Waals surface area contributed by atoms with E-state index >= 15 is 0 Å². The molecule has 1 aromatic heterocycles. The molecular weight excluding hydrogens is 475 g/mol. The first-order chi connectivity index (χ1) is 12.8. The normalized spacial score (nSPS) is 12.9. The van der Waals surface area contributed by atoms with Crippen molar-refractivity contribution < 1.29 is 4.39 Å². The molecule has 0 amide bonds. The Labute approximate surface area is 175 Å². The van der Waals surface area contributed by atoms with Crippen LogP contribution in [0.5, 0.6) is 0 Å². The molecule has 3 aromatic rings. The van der Waals surface area contributed by atoms with Crippen molar-refractivity contribution in [3.63, 3.8) is 0 Å². The molecule has 1 atom stereocenters. The van der Waals surface area contributed by atoms with Crippen LogP contribution < -0.4 is 5.73 Å². The molecule has 27 heavy (non-hydrogen) atoms. The van der Waals surface area contributed by atoms with E-state index in [1.54, 1.807) is 12.1 Å². The average Bonchev–Trinajstić information content (AvgIpc) is 2.96. The Morgan fingerprint density at radius 3 is 2.63 bits per heavy atom. The van der Waals surface area contributed by atoms with E-state index in [2.05, 4.69) is 47.4 Å². The average molecular weight is 498 g/mol. The zero-order valence-corrected chi connectivity index (χ0v) is 18.6. The van der Waals surface area contributed by atoms with E-state index in [4.69, 9.17) is 10.7 Å². The van der Waals surface area contributed by atoms with Gasteiger partial charge in [-0.25, -0.2) is 9.37 Å². The number of nitrogens with two attached hydrogens (primary N) is 1. The SMILES string of the molecule is CN(C)CCCn1c(C(N)Cc2ccc(Br)c(Br)c2)nc2ccc(F)cc21. The molecular formula is C20H23Br2FN4. The van der Waals surface area contributed by atoms with Gasteiger partial charge < -0.3 is 15.2 Å². The zero-order chi connectivity index (χ0) is 19.6. The third-order valence-corrected chi connectivity index (χ3v) is 6.38. The van der Waals surface area contributed by atoms with Crippen LogP contribution in [0.4, 0.5) is 4.39 Å². The fourth-order valence-electron chi connectivity index (χ4n) is 3.19. The van der Waals surface area contributed by atoms with Crippen LogP contribution >= 0.6 is 31.9 Å². The Hall–Kier alpha value is -1.28. The van der Waals surface area contributed by atoms with Gasteiger partial charge in [-0.05, 0) is 101 Å². The predicted molar refractivity (Wildman–Crippen MR) is 115 cm³/mol. The minimum Gasteiger partial charge on any atom is -0.327 e. The van der Waals surface area contributed by atoms with Gasteiger partial charge >= 0.3 is 0 Å². The summed E-state index contributed by atoms with van der Waals surface area (Å²) in [5.41, 5.74) is 9.24. The van der Waals surface area contributed by atoms with Crippen molar-refractivity contribution in [1.82, 2.24) is 14.5 Å². The lowest BCUT2D eigenvalue weighted by Crippen LogP contribution is -2.21. The van der Waals surface area contributed by atoms with Crippen LogP contribution in [0.3, 0.4) is 0 Å². The quantitative estimate of drug-likeness (QED) is 0.505. The van der Waals surface area contributed by atoms with Gasteiger partial charge in [0.25, 0.3) is 0 Å². The third-order valence-electron chi connectivity index (χ3n) is 4.50. The molecule has 1 unspecified atom stereocenters. The van der Waals surface area contributed by atoms with Crippen LogP contribution in [0.1, 0.15) is 23.9 Å². The number of imidazole rings is 1. The number of rotatable bonds is 7. The summed E-state index contributed by atoms with van der Waals surface area (Å²) in [5.74, 6) is 0.543. The number of halogens is 3. The van der Waals surface area contributed by atoms with Gasteiger partial charge in [0.1, 0.15) is 11.6 Å². The van der Waals surface area contributed by atoms with Gasteiger partial charge in [-0.1, -0.05) is 6.07 Å². The van der Waals surface area contributed by atoms with Crippen LogP contribution in [0.2, 0.25) is 0 Å². The summed E-state index contributed by atoms with van der Waals surface area (Å²) >= 11 is 7.02. The number of hydrogen-bond acceptors (Lipinski definition) is 3. The summed E-state index contributed by atoms with van der Waals surface area (Å²) < 4.78 is 17.9. The standard InChI is InChI=1S/C20H23Br2FN4/c1-26(2)8-3-9-27-19-12-14(23)5-7-18(19)25-20(27)17(24)11-13-4-6-15(21)16(22)10-13/h4-7,10,12,17H,3,8-9,11,24H2,1-2H3. The first kappa shape index (κ1) is 20.5. The molecule has 0 fully saturated rings. The Bertz CT molecular complexity index is 939. The lowest BCUT2D eigenvalue weighted by Gasteiger charge is -2.16. The van der Waals surface area contributed by atoms with E-state index in [0.29, 0.717) is 6.42 Å². The summed E-state index contributed by atoms with van der Waals surface area (Å²) in [6.07, 6.45) is 1.60. The maximum atomic E-state index is 13.8. The summed E-state index contributed by atoms with van der Waals surface area (Å²) in [6.45, 7) is 1.70. The highest BCUT2D eigenvalue weighted by Gasteiger charge is 2.18. The second-order valence-electron chi connectivity index (χ2n) is 6.97. The van der Waals surface area contributed by atoms with Crippen molar-refractivity contribution in [1.29, 1.82) is 0 Å². The second-order valence-corrected chi connectivity index (χ2v) is 8.68. The Kier molecular flexibility index (Phi) is 6.68. The molecule has 2 N–H and O–H groups in total. The summed E-state index contributed by atoms with van der Waals surface area (Å²) in [5, 5.41) is 0. The minimum absolute atomic E-state index is 0.256. The zero-order valence-electron chi connectivity index (χ0n) is 15.4. The smallest absolute Gasteiger partial charge is 0.127 e. The van der Waals surface area contributed by atoms with E-state index < -0.39 is 0 Å². The van der Waals surface area contributed by atoms with Crippen LogP contribution in [0, 0.1) is 5.82 Å². The van der Waals surface area contributed by atoms with Crippen LogP contribution in [0.15, 0.2) is 45.3 Å². The molecule has 1 heterocycles. The van der Waals surface area contributed by atoms with E-state index in [0.717, 1.165) is 50.9 Å². The van der Waals surface area contributed by atoms with Gasteiger partial charge in [-0.2, -0.15) is 0 Å².